The molecule has 0 heterocycles. The molecule has 0 aliphatic heterocycles. The van der Waals surface area contributed by atoms with E-state index in [1.807, 2.05) is 20.8 Å². The summed E-state index contributed by atoms with van der Waals surface area (Å²) in [5, 5.41) is 0. The van der Waals surface area contributed by atoms with Crippen molar-refractivity contribution in [2.75, 3.05) is 159 Å². The second-order valence-corrected chi connectivity index (χ2v) is 10.3. The van der Waals surface area contributed by atoms with E-state index in [1.165, 1.54) is 0 Å². The van der Waals surface area contributed by atoms with Gasteiger partial charge in [0.15, 0.2) is 0 Å². The van der Waals surface area contributed by atoms with E-state index in [4.69, 9.17) is 68.0 Å². The van der Waals surface area contributed by atoms with E-state index in [-0.39, 0.29) is 12.4 Å². The van der Waals surface area contributed by atoms with Crippen molar-refractivity contribution < 1.29 is 66.4 Å². The highest BCUT2D eigenvalue weighted by Gasteiger charge is 2.15. The molecule has 46 heavy (non-hydrogen) atoms. The minimum absolute atomic E-state index is 0.231. The van der Waals surface area contributed by atoms with Gasteiger partial charge in [-0.2, -0.15) is 0 Å². The van der Waals surface area contributed by atoms with E-state index >= 15 is 0 Å². The van der Waals surface area contributed by atoms with Crippen molar-refractivity contribution in [3.63, 3.8) is 0 Å². The number of carbonyl (C=O) groups excluding carboxylic acids is 1. The molecular formula is C32H60O14. The molecule has 272 valence electrons. The molecule has 0 aliphatic rings. The number of terminal acetylenes is 1. The zero-order valence-electron chi connectivity index (χ0n) is 28.5. The molecule has 0 amide bonds. The average Bonchev–Trinajstić information content (AvgIpc) is 3.01. The first-order valence-electron chi connectivity index (χ1n) is 16.0. The van der Waals surface area contributed by atoms with Crippen molar-refractivity contribution in [1.82, 2.24) is 0 Å². The molecule has 0 aromatic carbocycles. The van der Waals surface area contributed by atoms with E-state index in [0.717, 1.165) is 0 Å². The molecule has 0 bridgehead atoms. The molecule has 0 radical (unpaired) electrons. The normalized spacial score (nSPS) is 11.6. The van der Waals surface area contributed by atoms with Gasteiger partial charge >= 0.3 is 5.97 Å². The molecule has 14 nitrogen and oxygen atoms in total. The smallest absolute Gasteiger partial charge is 0.308 e. The fourth-order valence-corrected chi connectivity index (χ4v) is 3.10. The zero-order chi connectivity index (χ0) is 33.7. The maximum Gasteiger partial charge on any atom is 0.308 e. The van der Waals surface area contributed by atoms with Gasteiger partial charge in [-0.1, -0.05) is 5.92 Å². The van der Waals surface area contributed by atoms with Gasteiger partial charge in [0.25, 0.3) is 0 Å². The van der Waals surface area contributed by atoms with Crippen molar-refractivity contribution >= 4 is 5.97 Å². The average molecular weight is 669 g/mol. The highest BCUT2D eigenvalue weighted by atomic mass is 16.6. The highest BCUT2D eigenvalue weighted by Crippen LogP contribution is 2.08. The molecule has 14 heteroatoms. The van der Waals surface area contributed by atoms with Crippen LogP contribution in [0.2, 0.25) is 0 Å². The summed E-state index contributed by atoms with van der Waals surface area (Å²) in [7, 11) is 0. The van der Waals surface area contributed by atoms with Crippen LogP contribution in [-0.2, 0) is 66.4 Å². The summed E-state index contributed by atoms with van der Waals surface area (Å²) in [5.41, 5.74) is -0.475. The third-order valence-electron chi connectivity index (χ3n) is 5.15. The maximum atomic E-state index is 11.6. The molecule has 0 aromatic rings. The van der Waals surface area contributed by atoms with Crippen LogP contribution in [0.3, 0.4) is 0 Å². The molecule has 0 saturated carbocycles. The van der Waals surface area contributed by atoms with Crippen molar-refractivity contribution in [2.24, 2.45) is 0 Å². The van der Waals surface area contributed by atoms with Crippen LogP contribution in [0.25, 0.3) is 0 Å². The van der Waals surface area contributed by atoms with Gasteiger partial charge in [0.1, 0.15) is 12.2 Å². The predicted octanol–water partition coefficient (Wildman–Crippen LogP) is 1.55. The van der Waals surface area contributed by atoms with Crippen molar-refractivity contribution in [3.05, 3.63) is 0 Å². The number of esters is 1. The standard InChI is InChI=1S/C32H60O14/c1-5-7-34-9-11-36-13-15-38-17-19-40-21-23-42-25-27-44-29-30-45-28-26-43-24-22-41-20-18-39-16-14-37-12-10-35-8-6-31(33)46-32(2,3)4/h1H,6-30H2,2-4H3. The summed E-state index contributed by atoms with van der Waals surface area (Å²) in [6.07, 6.45) is 5.31. The van der Waals surface area contributed by atoms with Crippen LogP contribution in [0.5, 0.6) is 0 Å². The SMILES string of the molecule is C#CCOCCOCCOCCOCCOCCOCCOCCOCCOCCOCCOCCOCCC(=O)OC(C)(C)C. The zero-order valence-corrected chi connectivity index (χ0v) is 28.5. The Morgan fingerprint density at radius 3 is 0.848 bits per heavy atom. The Bertz CT molecular complexity index is 668. The molecule has 0 aliphatic carbocycles. The lowest BCUT2D eigenvalue weighted by atomic mass is 10.2. The lowest BCUT2D eigenvalue weighted by molar-refractivity contribution is -0.156. The van der Waals surface area contributed by atoms with E-state index in [1.54, 1.807) is 0 Å². The first kappa shape index (κ1) is 44.5. The molecule has 0 fully saturated rings. The van der Waals surface area contributed by atoms with Crippen molar-refractivity contribution in [3.8, 4) is 12.3 Å². The molecule has 0 saturated heterocycles. The summed E-state index contributed by atoms with van der Waals surface area (Å²) in [6, 6.07) is 0. The Kier molecular flexibility index (Phi) is 35.2. The van der Waals surface area contributed by atoms with Gasteiger partial charge in [0.05, 0.1) is 158 Å². The van der Waals surface area contributed by atoms with E-state index in [2.05, 4.69) is 5.92 Å². The maximum absolute atomic E-state index is 11.6. The van der Waals surface area contributed by atoms with Crippen LogP contribution in [0.15, 0.2) is 0 Å². The van der Waals surface area contributed by atoms with Crippen LogP contribution in [-0.4, -0.2) is 170 Å². The summed E-state index contributed by atoms with van der Waals surface area (Å²) in [5.74, 6) is 2.13. The van der Waals surface area contributed by atoms with Gasteiger partial charge in [-0.25, -0.2) is 0 Å². The van der Waals surface area contributed by atoms with E-state index < -0.39 is 5.60 Å². The third-order valence-corrected chi connectivity index (χ3v) is 5.15. The molecule has 0 atom stereocenters. The van der Waals surface area contributed by atoms with Gasteiger partial charge < -0.3 is 61.6 Å². The first-order chi connectivity index (χ1) is 22.5. The second-order valence-electron chi connectivity index (χ2n) is 10.3. The third kappa shape index (κ3) is 40.6. The number of hydrogen-bond donors (Lipinski definition) is 0. The van der Waals surface area contributed by atoms with Gasteiger partial charge in [0, 0.05) is 0 Å². The topological polar surface area (TPSA) is 137 Å². The lowest BCUT2D eigenvalue weighted by Crippen LogP contribution is -2.24. The molecular weight excluding hydrogens is 608 g/mol. The van der Waals surface area contributed by atoms with Crippen LogP contribution < -0.4 is 0 Å². The van der Waals surface area contributed by atoms with Crippen molar-refractivity contribution in [2.45, 2.75) is 32.8 Å². The number of ether oxygens (including phenoxy) is 13. The Labute approximate surface area is 276 Å². The Morgan fingerprint density at radius 1 is 0.413 bits per heavy atom. The lowest BCUT2D eigenvalue weighted by Gasteiger charge is -2.19. The Hall–Kier alpha value is -1.45. The molecule has 0 rings (SSSR count). The first-order valence-corrected chi connectivity index (χ1v) is 16.0. The quantitative estimate of drug-likeness (QED) is 0.0538. The van der Waals surface area contributed by atoms with Gasteiger partial charge in [0.2, 0.25) is 0 Å². The largest absolute Gasteiger partial charge is 0.460 e. The highest BCUT2D eigenvalue weighted by molar-refractivity contribution is 5.69. The molecule has 0 spiro atoms. The fraction of sp³-hybridized carbons (Fsp3) is 0.906. The van der Waals surface area contributed by atoms with Crippen LogP contribution in [0.4, 0.5) is 0 Å². The Balaban J connectivity index is 3.09. The molecule has 0 aromatic heterocycles. The minimum atomic E-state index is -0.475. The van der Waals surface area contributed by atoms with Crippen LogP contribution in [0, 0.1) is 12.3 Å². The van der Waals surface area contributed by atoms with E-state index in [9.17, 15) is 4.79 Å². The predicted molar refractivity (Wildman–Crippen MR) is 169 cm³/mol. The van der Waals surface area contributed by atoms with Gasteiger partial charge in [-0.15, -0.1) is 6.42 Å². The molecule has 0 unspecified atom stereocenters. The molecule has 0 N–H and O–H groups in total. The van der Waals surface area contributed by atoms with Crippen LogP contribution >= 0.6 is 0 Å². The number of hydrogen-bond acceptors (Lipinski definition) is 14. The van der Waals surface area contributed by atoms with E-state index in [0.29, 0.717) is 159 Å². The summed E-state index contributed by atoms with van der Waals surface area (Å²) >= 11 is 0. The van der Waals surface area contributed by atoms with Crippen molar-refractivity contribution in [1.29, 1.82) is 0 Å². The van der Waals surface area contributed by atoms with Gasteiger partial charge in [-0.3, -0.25) is 4.79 Å². The van der Waals surface area contributed by atoms with Gasteiger partial charge in [-0.05, 0) is 20.8 Å². The second kappa shape index (κ2) is 36.4. The summed E-state index contributed by atoms with van der Waals surface area (Å²) < 4.78 is 70.0. The minimum Gasteiger partial charge on any atom is -0.460 e. The summed E-state index contributed by atoms with van der Waals surface area (Å²) in [4.78, 5) is 11.6. The number of rotatable bonds is 37. The summed E-state index contributed by atoms with van der Waals surface area (Å²) in [6.45, 7) is 16.9. The Morgan fingerprint density at radius 2 is 0.630 bits per heavy atom. The number of carbonyl (C=O) groups is 1. The van der Waals surface area contributed by atoms with Crippen LogP contribution in [0.1, 0.15) is 27.2 Å². The fourth-order valence-electron chi connectivity index (χ4n) is 3.10. The monoisotopic (exact) mass is 668 g/mol.